The molecule has 1 heterocycles. The van der Waals surface area contributed by atoms with Crippen LogP contribution in [-0.2, 0) is 28.6 Å². The number of carbonyl (C=O) groups excluding carboxylic acids is 3. The Morgan fingerprint density at radius 1 is 1.28 bits per heavy atom. The van der Waals surface area contributed by atoms with E-state index >= 15 is 0 Å². The van der Waals surface area contributed by atoms with Gasteiger partial charge in [0, 0.05) is 33.4 Å². The second-order valence-corrected chi connectivity index (χ2v) is 6.99. The zero-order valence-electron chi connectivity index (χ0n) is 17.2. The van der Waals surface area contributed by atoms with Crippen LogP contribution in [0.15, 0.2) is 0 Å². The van der Waals surface area contributed by atoms with Gasteiger partial charge >= 0.3 is 5.97 Å². The first kappa shape index (κ1) is 25.2. The quantitative estimate of drug-likeness (QED) is 0.256. The van der Waals surface area contributed by atoms with Crippen molar-refractivity contribution in [3.63, 3.8) is 0 Å². The average molecular weight is 420 g/mol. The molecule has 1 fully saturated rings. The third-order valence-corrected chi connectivity index (χ3v) is 4.77. The molecule has 5 N–H and O–H groups in total. The monoisotopic (exact) mass is 420 g/mol. The van der Waals surface area contributed by atoms with Crippen LogP contribution < -0.4 is 10.6 Å². The largest absolute Gasteiger partial charge is 0.465 e. The molecule has 1 rings (SSSR count). The number of carbonyl (C=O) groups is 3. The molecule has 0 saturated carbocycles. The van der Waals surface area contributed by atoms with Crippen molar-refractivity contribution in [3.05, 3.63) is 0 Å². The normalized spacial score (nSPS) is 28.9. The first-order valence-corrected chi connectivity index (χ1v) is 9.51. The van der Waals surface area contributed by atoms with E-state index in [2.05, 4.69) is 15.4 Å². The number of hydrogen-bond acceptors (Lipinski definition) is 9. The van der Waals surface area contributed by atoms with E-state index in [1.807, 2.05) is 6.92 Å². The number of rotatable bonds is 10. The third-order valence-electron chi connectivity index (χ3n) is 4.77. The Balaban J connectivity index is 2.99. The lowest BCUT2D eigenvalue weighted by molar-refractivity contribution is -0.304. The summed E-state index contributed by atoms with van der Waals surface area (Å²) in [6.45, 7) is 2.85. The Kier molecular flexibility index (Phi) is 9.93. The lowest BCUT2D eigenvalue weighted by Crippen LogP contribution is -2.68. The van der Waals surface area contributed by atoms with E-state index in [0.717, 1.165) is 20.6 Å². The molecule has 0 radical (unpaired) electrons. The lowest BCUT2D eigenvalue weighted by atomic mass is 9.88. The zero-order valence-corrected chi connectivity index (χ0v) is 17.2. The molecule has 11 heteroatoms. The molecule has 1 aliphatic rings. The molecule has 2 amide bonds. The number of nitrogens with one attached hydrogen (secondary N) is 2. The van der Waals surface area contributed by atoms with E-state index in [0.29, 0.717) is 6.42 Å². The first-order valence-electron chi connectivity index (χ1n) is 9.51. The second-order valence-electron chi connectivity index (χ2n) is 6.99. The Labute approximate surface area is 169 Å². The van der Waals surface area contributed by atoms with Crippen molar-refractivity contribution in [2.45, 2.75) is 75.8 Å². The minimum atomic E-state index is -2.03. The van der Waals surface area contributed by atoms with Crippen molar-refractivity contribution in [3.8, 4) is 0 Å². The number of esters is 1. The van der Waals surface area contributed by atoms with Gasteiger partial charge in [0.15, 0.2) is 0 Å². The van der Waals surface area contributed by atoms with Crippen molar-refractivity contribution in [2.75, 3.05) is 20.8 Å². The number of aliphatic hydroxyl groups is 3. The predicted octanol–water partition coefficient (Wildman–Crippen LogP) is -1.82. The zero-order chi connectivity index (χ0) is 22.2. The summed E-state index contributed by atoms with van der Waals surface area (Å²) >= 11 is 0. The SMILES string of the molecule is CCCCC(=O)NC[C@@H](O)[C@@H](O)C1O[C@](OC)(C(=O)OC)C[C@H](O)[C@H]1NC(C)=O. The Hall–Kier alpha value is -1.79. The van der Waals surface area contributed by atoms with Crippen LogP contribution >= 0.6 is 0 Å². The highest BCUT2D eigenvalue weighted by Gasteiger charge is 2.55. The number of aliphatic hydroxyl groups excluding tert-OH is 3. The Morgan fingerprint density at radius 3 is 2.45 bits per heavy atom. The van der Waals surface area contributed by atoms with Gasteiger partial charge in [-0.2, -0.15) is 0 Å². The van der Waals surface area contributed by atoms with Gasteiger partial charge in [0.05, 0.1) is 25.4 Å². The lowest BCUT2D eigenvalue weighted by Gasteiger charge is -2.46. The predicted molar refractivity (Wildman–Crippen MR) is 99.4 cm³/mol. The highest BCUT2D eigenvalue weighted by atomic mass is 16.7. The summed E-state index contributed by atoms with van der Waals surface area (Å²) in [6, 6.07) is -1.14. The number of amides is 2. The highest BCUT2D eigenvalue weighted by Crippen LogP contribution is 2.33. The van der Waals surface area contributed by atoms with Gasteiger partial charge in [-0.1, -0.05) is 13.3 Å². The van der Waals surface area contributed by atoms with Crippen LogP contribution in [0.25, 0.3) is 0 Å². The summed E-state index contributed by atoms with van der Waals surface area (Å²) in [5, 5.41) is 36.4. The smallest absolute Gasteiger partial charge is 0.366 e. The summed E-state index contributed by atoms with van der Waals surface area (Å²) in [5.41, 5.74) is 0. The first-order chi connectivity index (χ1) is 13.6. The van der Waals surface area contributed by atoms with Crippen molar-refractivity contribution in [2.24, 2.45) is 0 Å². The van der Waals surface area contributed by atoms with E-state index in [-0.39, 0.29) is 25.3 Å². The van der Waals surface area contributed by atoms with Gasteiger partial charge < -0.3 is 40.2 Å². The molecule has 0 aromatic heterocycles. The van der Waals surface area contributed by atoms with Crippen molar-refractivity contribution in [1.82, 2.24) is 10.6 Å². The molecule has 1 saturated heterocycles. The molecular weight excluding hydrogens is 388 g/mol. The molecule has 11 nitrogen and oxygen atoms in total. The standard InChI is InChI=1S/C18H32N2O9/c1-5-6-7-13(24)19-9-12(23)15(25)16-14(20-10(2)21)11(22)8-18(28-4,29-16)17(26)27-3/h11-12,14-16,22-23,25H,5-9H2,1-4H3,(H,19,24)(H,20,21)/t11-,12+,14+,15+,16?,18-/m0/s1. The molecule has 0 aromatic carbocycles. The summed E-state index contributed by atoms with van der Waals surface area (Å²) in [5.74, 6) is -3.78. The minimum absolute atomic E-state index is 0.279. The maximum Gasteiger partial charge on any atom is 0.366 e. The van der Waals surface area contributed by atoms with Gasteiger partial charge in [0.25, 0.3) is 5.79 Å². The van der Waals surface area contributed by atoms with Gasteiger partial charge in [-0.05, 0) is 6.42 Å². The summed E-state index contributed by atoms with van der Waals surface area (Å²) in [6.07, 6.45) is -4.52. The van der Waals surface area contributed by atoms with Crippen LogP contribution in [0.5, 0.6) is 0 Å². The molecule has 29 heavy (non-hydrogen) atoms. The highest BCUT2D eigenvalue weighted by molar-refractivity contribution is 5.78. The van der Waals surface area contributed by atoms with Crippen LogP contribution in [0.2, 0.25) is 0 Å². The van der Waals surface area contributed by atoms with Gasteiger partial charge in [0.1, 0.15) is 12.2 Å². The van der Waals surface area contributed by atoms with E-state index in [4.69, 9.17) is 9.47 Å². The number of unbranched alkanes of at least 4 members (excludes halogenated alkanes) is 1. The van der Waals surface area contributed by atoms with Crippen molar-refractivity contribution < 1.29 is 43.9 Å². The average Bonchev–Trinajstić information content (AvgIpc) is 2.70. The third kappa shape index (κ3) is 6.61. The Morgan fingerprint density at radius 2 is 1.93 bits per heavy atom. The molecule has 0 aromatic rings. The fraction of sp³-hybridized carbons (Fsp3) is 0.833. The van der Waals surface area contributed by atoms with E-state index < -0.39 is 48.1 Å². The molecule has 0 bridgehead atoms. The van der Waals surface area contributed by atoms with Crippen LogP contribution in [0.1, 0.15) is 39.5 Å². The fourth-order valence-corrected chi connectivity index (χ4v) is 3.14. The van der Waals surface area contributed by atoms with Gasteiger partial charge in [-0.25, -0.2) is 4.79 Å². The molecular formula is C18H32N2O9. The Bertz CT molecular complexity index is 574. The molecule has 1 unspecified atom stereocenters. The summed E-state index contributed by atoms with van der Waals surface area (Å²) < 4.78 is 15.4. The minimum Gasteiger partial charge on any atom is -0.465 e. The van der Waals surface area contributed by atoms with Gasteiger partial charge in [-0.3, -0.25) is 9.59 Å². The molecule has 168 valence electrons. The maximum absolute atomic E-state index is 12.2. The van der Waals surface area contributed by atoms with Gasteiger partial charge in [0.2, 0.25) is 11.8 Å². The van der Waals surface area contributed by atoms with Crippen LogP contribution in [0.3, 0.4) is 0 Å². The fourth-order valence-electron chi connectivity index (χ4n) is 3.14. The van der Waals surface area contributed by atoms with Crippen molar-refractivity contribution in [1.29, 1.82) is 0 Å². The second kappa shape index (κ2) is 11.4. The molecule has 1 aliphatic heterocycles. The van der Waals surface area contributed by atoms with Gasteiger partial charge in [-0.15, -0.1) is 0 Å². The molecule has 0 spiro atoms. The summed E-state index contributed by atoms with van der Waals surface area (Å²) in [4.78, 5) is 35.4. The van der Waals surface area contributed by atoms with Crippen LogP contribution in [0.4, 0.5) is 0 Å². The van der Waals surface area contributed by atoms with E-state index in [1.54, 1.807) is 0 Å². The van der Waals surface area contributed by atoms with Crippen molar-refractivity contribution >= 4 is 17.8 Å². The van der Waals surface area contributed by atoms with Crippen LogP contribution in [-0.4, -0.2) is 90.1 Å². The van der Waals surface area contributed by atoms with E-state index in [1.165, 1.54) is 6.92 Å². The maximum atomic E-state index is 12.2. The number of methoxy groups -OCH3 is 2. The molecule has 6 atom stereocenters. The topological polar surface area (TPSA) is 164 Å². The van der Waals surface area contributed by atoms with E-state index in [9.17, 15) is 29.7 Å². The van der Waals surface area contributed by atoms with Crippen LogP contribution in [0, 0.1) is 0 Å². The molecule has 0 aliphatic carbocycles. The number of hydrogen-bond donors (Lipinski definition) is 5. The number of ether oxygens (including phenoxy) is 3. The summed E-state index contributed by atoms with van der Waals surface area (Å²) in [7, 11) is 2.26.